The largest absolute Gasteiger partial charge is 0.450 e. The second kappa shape index (κ2) is 13.5. The molecule has 0 aliphatic carbocycles. The van der Waals surface area contributed by atoms with Crippen molar-refractivity contribution in [1.82, 2.24) is 4.90 Å². The molecule has 1 amide bonds. The van der Waals surface area contributed by atoms with Gasteiger partial charge in [0.25, 0.3) is 0 Å². The highest BCUT2D eigenvalue weighted by Crippen LogP contribution is 2.13. The van der Waals surface area contributed by atoms with E-state index in [9.17, 15) is 4.79 Å². The quantitative estimate of drug-likeness (QED) is 0.437. The lowest BCUT2D eigenvalue weighted by atomic mass is 10.2. The van der Waals surface area contributed by atoms with Crippen LogP contribution in [0.2, 0.25) is 10.0 Å². The van der Waals surface area contributed by atoms with E-state index in [-0.39, 0.29) is 6.09 Å². The minimum atomic E-state index is -0.297. The van der Waals surface area contributed by atoms with Crippen molar-refractivity contribution in [2.24, 2.45) is 0 Å². The molecule has 0 fully saturated rings. The normalized spacial score (nSPS) is 9.83. The predicted octanol–water partition coefficient (Wildman–Crippen LogP) is 6.75. The Morgan fingerprint density at radius 3 is 1.97 bits per heavy atom. The van der Waals surface area contributed by atoms with Crippen molar-refractivity contribution in [1.29, 1.82) is 0 Å². The van der Waals surface area contributed by atoms with Crippen LogP contribution in [0.5, 0.6) is 0 Å². The Kier molecular flexibility index (Phi) is 10.6. The molecule has 0 aliphatic heterocycles. The van der Waals surface area contributed by atoms with E-state index >= 15 is 0 Å². The van der Waals surface area contributed by atoms with Gasteiger partial charge in [-0.1, -0.05) is 71.7 Å². The lowest BCUT2D eigenvalue weighted by molar-refractivity contribution is 0.106. The molecule has 3 rings (SSSR count). The standard InChI is InChI=1S/C18H21ClN2O2.C6H5Cl/c1-2-23-18(22)21(14-15-6-4-3-5-7-15)13-12-20-17-10-8-16(19)9-11-17;7-6-4-2-1-3-5-6/h3-11,20H,2,12-14H2,1H3;1-5H. The maximum atomic E-state index is 12.1. The lowest BCUT2D eigenvalue weighted by Gasteiger charge is -2.22. The summed E-state index contributed by atoms with van der Waals surface area (Å²) in [5.41, 5.74) is 2.05. The third kappa shape index (κ3) is 9.21. The molecule has 0 aromatic heterocycles. The fourth-order valence-corrected chi connectivity index (χ4v) is 2.84. The van der Waals surface area contributed by atoms with Gasteiger partial charge in [-0.25, -0.2) is 4.79 Å². The molecule has 0 spiro atoms. The Hall–Kier alpha value is -2.69. The Morgan fingerprint density at radius 1 is 0.867 bits per heavy atom. The third-order valence-corrected chi connectivity index (χ3v) is 4.53. The number of amides is 1. The highest BCUT2D eigenvalue weighted by atomic mass is 35.5. The molecule has 6 heteroatoms. The fourth-order valence-electron chi connectivity index (χ4n) is 2.57. The molecule has 0 bridgehead atoms. The smallest absolute Gasteiger partial charge is 0.410 e. The highest BCUT2D eigenvalue weighted by molar-refractivity contribution is 6.30. The number of ether oxygens (including phenoxy) is 1. The molecule has 1 N–H and O–H groups in total. The summed E-state index contributed by atoms with van der Waals surface area (Å²) in [6.45, 7) is 3.89. The summed E-state index contributed by atoms with van der Waals surface area (Å²) in [5.74, 6) is 0. The Labute approximate surface area is 188 Å². The Morgan fingerprint density at radius 2 is 1.43 bits per heavy atom. The summed E-state index contributed by atoms with van der Waals surface area (Å²) < 4.78 is 5.14. The van der Waals surface area contributed by atoms with Gasteiger partial charge in [0.15, 0.2) is 0 Å². The average Bonchev–Trinajstić information content (AvgIpc) is 2.76. The van der Waals surface area contributed by atoms with Crippen LogP contribution in [0, 0.1) is 0 Å². The molecule has 4 nitrogen and oxygen atoms in total. The first kappa shape index (κ1) is 23.6. The number of hydrogen-bond acceptors (Lipinski definition) is 3. The van der Waals surface area contributed by atoms with Crippen molar-refractivity contribution < 1.29 is 9.53 Å². The van der Waals surface area contributed by atoms with E-state index in [2.05, 4.69) is 5.32 Å². The third-order valence-electron chi connectivity index (χ3n) is 4.03. The molecule has 0 heterocycles. The van der Waals surface area contributed by atoms with Crippen LogP contribution >= 0.6 is 23.2 Å². The first-order valence-electron chi connectivity index (χ1n) is 9.74. The van der Waals surface area contributed by atoms with Gasteiger partial charge >= 0.3 is 6.09 Å². The predicted molar refractivity (Wildman–Crippen MR) is 125 cm³/mol. The monoisotopic (exact) mass is 444 g/mol. The zero-order valence-electron chi connectivity index (χ0n) is 16.9. The van der Waals surface area contributed by atoms with Gasteiger partial charge in [-0.3, -0.25) is 0 Å². The molecule has 0 saturated heterocycles. The highest BCUT2D eigenvalue weighted by Gasteiger charge is 2.14. The van der Waals surface area contributed by atoms with E-state index in [4.69, 9.17) is 27.9 Å². The number of benzene rings is 3. The van der Waals surface area contributed by atoms with Crippen LogP contribution in [-0.2, 0) is 11.3 Å². The van der Waals surface area contributed by atoms with E-state index in [1.165, 1.54) is 0 Å². The van der Waals surface area contributed by atoms with Crippen LogP contribution in [0.1, 0.15) is 12.5 Å². The number of anilines is 1. The van der Waals surface area contributed by atoms with Crippen LogP contribution in [0.25, 0.3) is 0 Å². The second-order valence-electron chi connectivity index (χ2n) is 6.34. The van der Waals surface area contributed by atoms with E-state index in [0.717, 1.165) is 16.3 Å². The van der Waals surface area contributed by atoms with Crippen molar-refractivity contribution in [2.45, 2.75) is 13.5 Å². The first-order valence-corrected chi connectivity index (χ1v) is 10.5. The summed E-state index contributed by atoms with van der Waals surface area (Å²) in [6, 6.07) is 26.8. The van der Waals surface area contributed by atoms with Crippen molar-refractivity contribution >= 4 is 35.0 Å². The minimum absolute atomic E-state index is 0.297. The molecular weight excluding hydrogens is 419 g/mol. The zero-order chi connectivity index (χ0) is 21.6. The van der Waals surface area contributed by atoms with Gasteiger partial charge in [0, 0.05) is 35.4 Å². The summed E-state index contributed by atoms with van der Waals surface area (Å²) in [7, 11) is 0. The topological polar surface area (TPSA) is 41.6 Å². The van der Waals surface area contributed by atoms with Crippen LogP contribution < -0.4 is 5.32 Å². The maximum Gasteiger partial charge on any atom is 0.410 e. The van der Waals surface area contributed by atoms with Crippen molar-refractivity contribution in [3.63, 3.8) is 0 Å². The number of nitrogens with one attached hydrogen (secondary N) is 1. The molecule has 0 aliphatic rings. The van der Waals surface area contributed by atoms with E-state index in [0.29, 0.717) is 31.3 Å². The summed E-state index contributed by atoms with van der Waals surface area (Å²) >= 11 is 11.4. The van der Waals surface area contributed by atoms with Crippen molar-refractivity contribution in [3.05, 3.63) is 101 Å². The molecule has 0 radical (unpaired) electrons. The number of halogens is 2. The molecule has 158 valence electrons. The van der Waals surface area contributed by atoms with Gasteiger partial charge in [-0.15, -0.1) is 0 Å². The van der Waals surface area contributed by atoms with Crippen molar-refractivity contribution in [2.75, 3.05) is 25.0 Å². The SMILES string of the molecule is CCOC(=O)N(CCNc1ccc(Cl)cc1)Cc1ccccc1.Clc1ccccc1. The van der Waals surface area contributed by atoms with Crippen LogP contribution in [0.15, 0.2) is 84.9 Å². The van der Waals surface area contributed by atoms with Gasteiger partial charge < -0.3 is 15.0 Å². The summed E-state index contributed by atoms with van der Waals surface area (Å²) in [6.07, 6.45) is -0.297. The van der Waals surface area contributed by atoms with Crippen LogP contribution in [0.3, 0.4) is 0 Å². The first-order chi connectivity index (χ1) is 14.6. The minimum Gasteiger partial charge on any atom is -0.450 e. The van der Waals surface area contributed by atoms with Crippen LogP contribution in [0.4, 0.5) is 10.5 Å². The number of nitrogens with zero attached hydrogens (tertiary/aromatic N) is 1. The second-order valence-corrected chi connectivity index (χ2v) is 7.21. The molecule has 0 unspecified atom stereocenters. The lowest BCUT2D eigenvalue weighted by Crippen LogP contribution is -2.35. The summed E-state index contributed by atoms with van der Waals surface area (Å²) in [4.78, 5) is 13.8. The van der Waals surface area contributed by atoms with E-state index < -0.39 is 0 Å². The van der Waals surface area contributed by atoms with Gasteiger partial charge in [-0.05, 0) is 48.9 Å². The molecular formula is C24H26Cl2N2O2. The van der Waals surface area contributed by atoms with E-state index in [1.807, 2.05) is 91.9 Å². The van der Waals surface area contributed by atoms with Gasteiger partial charge in [0.2, 0.25) is 0 Å². The average molecular weight is 445 g/mol. The van der Waals surface area contributed by atoms with Gasteiger partial charge in [0.05, 0.1) is 6.61 Å². The Bertz CT molecular complexity index is 859. The molecule has 30 heavy (non-hydrogen) atoms. The van der Waals surface area contributed by atoms with E-state index in [1.54, 1.807) is 4.90 Å². The molecule has 0 saturated carbocycles. The fraction of sp³-hybridized carbons (Fsp3) is 0.208. The molecule has 0 atom stereocenters. The number of hydrogen-bond donors (Lipinski definition) is 1. The molecule has 3 aromatic rings. The maximum absolute atomic E-state index is 12.1. The van der Waals surface area contributed by atoms with Crippen LogP contribution in [-0.4, -0.2) is 30.7 Å². The van der Waals surface area contributed by atoms with Crippen molar-refractivity contribution in [3.8, 4) is 0 Å². The molecule has 3 aromatic carbocycles. The zero-order valence-corrected chi connectivity index (χ0v) is 18.4. The number of carbonyl (C=O) groups is 1. The Balaban J connectivity index is 0.000000386. The number of carbonyl (C=O) groups excluding carboxylic acids is 1. The van der Waals surface area contributed by atoms with Gasteiger partial charge in [0.1, 0.15) is 0 Å². The van der Waals surface area contributed by atoms with Gasteiger partial charge in [-0.2, -0.15) is 0 Å². The number of rotatable bonds is 7. The summed E-state index contributed by atoms with van der Waals surface area (Å²) in [5, 5.41) is 4.77.